The number of likely N-dealkylation sites (tertiary alicyclic amines) is 1. The number of hydrogen-bond acceptors (Lipinski definition) is 3. The molecule has 2 amide bonds. The number of benzene rings is 2. The van der Waals surface area contributed by atoms with Crippen LogP contribution in [0.1, 0.15) is 47.7 Å². The van der Waals surface area contributed by atoms with Crippen LogP contribution in [0.25, 0.3) is 0 Å². The molecule has 31 heavy (non-hydrogen) atoms. The summed E-state index contributed by atoms with van der Waals surface area (Å²) in [6.07, 6.45) is 4.19. The molecular weight excluding hydrogens is 386 g/mol. The van der Waals surface area contributed by atoms with Crippen LogP contribution in [0, 0.1) is 0 Å². The molecule has 0 aromatic heterocycles. The maximum Gasteiger partial charge on any atom is 0.254 e. The van der Waals surface area contributed by atoms with Gasteiger partial charge in [0.05, 0.1) is 6.54 Å². The summed E-state index contributed by atoms with van der Waals surface area (Å²) in [6.45, 7) is 6.35. The topological polar surface area (TPSA) is 43.9 Å². The Balaban J connectivity index is 1.34. The lowest BCUT2D eigenvalue weighted by molar-refractivity contribution is -0.136. The van der Waals surface area contributed by atoms with E-state index in [0.29, 0.717) is 25.7 Å². The molecule has 0 spiro atoms. The van der Waals surface area contributed by atoms with Crippen molar-refractivity contribution in [1.82, 2.24) is 14.7 Å². The van der Waals surface area contributed by atoms with E-state index in [-0.39, 0.29) is 11.8 Å². The lowest BCUT2D eigenvalue weighted by Gasteiger charge is -2.38. The van der Waals surface area contributed by atoms with E-state index < -0.39 is 0 Å². The summed E-state index contributed by atoms with van der Waals surface area (Å²) in [5, 5.41) is 0. The van der Waals surface area contributed by atoms with E-state index in [1.54, 1.807) is 0 Å². The maximum absolute atomic E-state index is 13.3. The van der Waals surface area contributed by atoms with Crippen LogP contribution < -0.4 is 0 Å². The van der Waals surface area contributed by atoms with E-state index in [9.17, 15) is 9.59 Å². The fraction of sp³-hybridized carbons (Fsp3) is 0.462. The molecule has 0 bridgehead atoms. The third-order valence-electron chi connectivity index (χ3n) is 6.63. The second-order valence-corrected chi connectivity index (χ2v) is 8.82. The molecule has 1 atom stereocenters. The van der Waals surface area contributed by atoms with Gasteiger partial charge in [0.1, 0.15) is 0 Å². The van der Waals surface area contributed by atoms with Gasteiger partial charge in [-0.3, -0.25) is 14.5 Å². The Morgan fingerprint density at radius 3 is 2.32 bits per heavy atom. The zero-order valence-corrected chi connectivity index (χ0v) is 18.5. The van der Waals surface area contributed by atoms with Crippen LogP contribution in [0.3, 0.4) is 0 Å². The minimum absolute atomic E-state index is 0.0992. The molecule has 4 rings (SSSR count). The summed E-state index contributed by atoms with van der Waals surface area (Å²) < 4.78 is 0. The van der Waals surface area contributed by atoms with Gasteiger partial charge in [0.25, 0.3) is 5.91 Å². The number of hydrogen-bond donors (Lipinski definition) is 0. The third-order valence-corrected chi connectivity index (χ3v) is 6.63. The third kappa shape index (κ3) is 5.34. The summed E-state index contributed by atoms with van der Waals surface area (Å²) in [5.41, 5.74) is 3.06. The number of carbonyl (C=O) groups excluding carboxylic acids is 2. The highest BCUT2D eigenvalue weighted by Crippen LogP contribution is 2.19. The smallest absolute Gasteiger partial charge is 0.254 e. The molecule has 0 radical (unpaired) electrons. The minimum atomic E-state index is 0.0992. The summed E-state index contributed by atoms with van der Waals surface area (Å²) in [4.78, 5) is 32.2. The minimum Gasteiger partial charge on any atom is -0.339 e. The van der Waals surface area contributed by atoms with Crippen LogP contribution in [0.4, 0.5) is 0 Å². The van der Waals surface area contributed by atoms with Gasteiger partial charge in [-0.25, -0.2) is 0 Å². The number of carbonyl (C=O) groups is 2. The second-order valence-electron chi connectivity index (χ2n) is 8.82. The molecule has 2 saturated heterocycles. The van der Waals surface area contributed by atoms with Gasteiger partial charge in [-0.1, -0.05) is 48.5 Å². The Hall–Kier alpha value is -2.66. The second kappa shape index (κ2) is 10.1. The normalized spacial score (nSPS) is 20.0. The van der Waals surface area contributed by atoms with E-state index in [1.165, 1.54) is 12.0 Å². The van der Waals surface area contributed by atoms with Crippen LogP contribution in [-0.4, -0.2) is 71.8 Å². The Bertz CT molecular complexity index is 891. The molecule has 2 fully saturated rings. The summed E-state index contributed by atoms with van der Waals surface area (Å²) in [7, 11) is 0. The average molecular weight is 420 g/mol. The first-order chi connectivity index (χ1) is 15.1. The van der Waals surface area contributed by atoms with Gasteiger partial charge in [0, 0.05) is 44.3 Å². The quantitative estimate of drug-likeness (QED) is 0.746. The number of piperazine rings is 1. The Labute approximate surface area is 185 Å². The summed E-state index contributed by atoms with van der Waals surface area (Å²) in [6, 6.07) is 18.6. The molecule has 1 unspecified atom stereocenters. The standard InChI is InChI=1S/C26H33N3O2/c1-21-9-7-8-14-29(21)25(30)20-27-15-17-28(18-16-27)26(31)24-13-6-5-12-23(24)19-22-10-3-2-4-11-22/h2-6,10-13,21H,7-9,14-20H2,1H3. The van der Waals surface area contributed by atoms with Crippen molar-refractivity contribution in [2.75, 3.05) is 39.3 Å². The average Bonchev–Trinajstić information content (AvgIpc) is 2.80. The van der Waals surface area contributed by atoms with Gasteiger partial charge >= 0.3 is 0 Å². The molecule has 2 aromatic rings. The molecule has 2 aliphatic rings. The Morgan fingerprint density at radius 2 is 1.58 bits per heavy atom. The van der Waals surface area contributed by atoms with Gasteiger partial charge in [0.2, 0.25) is 5.91 Å². The first kappa shape index (κ1) is 21.6. The molecule has 2 aromatic carbocycles. The molecule has 0 N–H and O–H groups in total. The predicted octanol–water partition coefficient (Wildman–Crippen LogP) is 3.44. The Kier molecular flexibility index (Phi) is 7.03. The predicted molar refractivity (Wildman–Crippen MR) is 123 cm³/mol. The molecule has 2 heterocycles. The van der Waals surface area contributed by atoms with Crippen molar-refractivity contribution in [2.24, 2.45) is 0 Å². The first-order valence-corrected chi connectivity index (χ1v) is 11.5. The van der Waals surface area contributed by atoms with Crippen molar-refractivity contribution in [2.45, 2.75) is 38.6 Å². The van der Waals surface area contributed by atoms with E-state index in [0.717, 1.165) is 50.0 Å². The van der Waals surface area contributed by atoms with Crippen molar-refractivity contribution in [3.8, 4) is 0 Å². The van der Waals surface area contributed by atoms with Crippen LogP contribution in [0.2, 0.25) is 0 Å². The number of rotatable bonds is 5. The zero-order chi connectivity index (χ0) is 21.6. The van der Waals surface area contributed by atoms with E-state index in [4.69, 9.17) is 0 Å². The summed E-state index contributed by atoms with van der Waals surface area (Å²) >= 11 is 0. The van der Waals surface area contributed by atoms with Gasteiger partial charge in [-0.15, -0.1) is 0 Å². The van der Waals surface area contributed by atoms with Gasteiger partial charge in [0.15, 0.2) is 0 Å². The molecular formula is C26H33N3O2. The molecule has 0 saturated carbocycles. The molecule has 164 valence electrons. The van der Waals surface area contributed by atoms with Gasteiger partial charge < -0.3 is 9.80 Å². The highest BCUT2D eigenvalue weighted by molar-refractivity contribution is 5.96. The van der Waals surface area contributed by atoms with Crippen LogP contribution in [0.5, 0.6) is 0 Å². The van der Waals surface area contributed by atoms with Gasteiger partial charge in [-0.05, 0) is 49.8 Å². The van der Waals surface area contributed by atoms with Gasteiger partial charge in [-0.2, -0.15) is 0 Å². The van der Waals surface area contributed by atoms with Crippen molar-refractivity contribution in [1.29, 1.82) is 0 Å². The van der Waals surface area contributed by atoms with Crippen molar-refractivity contribution < 1.29 is 9.59 Å². The summed E-state index contributed by atoms with van der Waals surface area (Å²) in [5.74, 6) is 0.336. The lowest BCUT2D eigenvalue weighted by atomic mass is 9.99. The highest BCUT2D eigenvalue weighted by atomic mass is 16.2. The number of amides is 2. The molecule has 5 heteroatoms. The molecule has 5 nitrogen and oxygen atoms in total. The fourth-order valence-corrected chi connectivity index (χ4v) is 4.73. The fourth-order valence-electron chi connectivity index (χ4n) is 4.73. The maximum atomic E-state index is 13.3. The number of piperidine rings is 1. The van der Waals surface area contributed by atoms with Crippen molar-refractivity contribution in [3.63, 3.8) is 0 Å². The molecule has 0 aliphatic carbocycles. The SMILES string of the molecule is CC1CCCCN1C(=O)CN1CCN(C(=O)c2ccccc2Cc2ccccc2)CC1. The lowest BCUT2D eigenvalue weighted by Crippen LogP contribution is -2.53. The van der Waals surface area contributed by atoms with Crippen LogP contribution >= 0.6 is 0 Å². The van der Waals surface area contributed by atoms with E-state index >= 15 is 0 Å². The zero-order valence-electron chi connectivity index (χ0n) is 18.5. The van der Waals surface area contributed by atoms with E-state index in [1.807, 2.05) is 46.2 Å². The monoisotopic (exact) mass is 419 g/mol. The highest BCUT2D eigenvalue weighted by Gasteiger charge is 2.28. The van der Waals surface area contributed by atoms with Crippen molar-refractivity contribution >= 4 is 11.8 Å². The van der Waals surface area contributed by atoms with Crippen molar-refractivity contribution in [3.05, 3.63) is 71.3 Å². The number of nitrogens with zero attached hydrogens (tertiary/aromatic N) is 3. The first-order valence-electron chi connectivity index (χ1n) is 11.5. The van der Waals surface area contributed by atoms with Crippen LogP contribution in [-0.2, 0) is 11.2 Å². The Morgan fingerprint density at radius 1 is 0.871 bits per heavy atom. The van der Waals surface area contributed by atoms with E-state index in [2.05, 4.69) is 30.0 Å². The van der Waals surface area contributed by atoms with Crippen LogP contribution in [0.15, 0.2) is 54.6 Å². The molecule has 2 aliphatic heterocycles. The largest absolute Gasteiger partial charge is 0.339 e.